The standard InChI is InChI=1S/C43H68O3Si3/c1-9-10-11-12-13-15-30-46-40-27-25-39(26-28-40)42-34-38(24-29-41(42)43(44)45)23-22-37-20-18-36(19-21-37)17-14-16-31-48(5,6)32-33-49(7,8)35-47(2,3)4/h18-21,24-29,34H,9-17,22-23,30-33,35H2,1-8H3,(H,44,45). The van der Waals surface area contributed by atoms with E-state index in [4.69, 9.17) is 4.74 Å². The molecular formula is C43H68O3Si3. The highest BCUT2D eigenvalue weighted by Gasteiger charge is 2.31. The number of hydrogen-bond acceptors (Lipinski definition) is 2. The van der Waals surface area contributed by atoms with Gasteiger partial charge < -0.3 is 9.84 Å². The van der Waals surface area contributed by atoms with Gasteiger partial charge in [-0.3, -0.25) is 0 Å². The second-order valence-corrected chi connectivity index (χ2v) is 34.1. The Balaban J connectivity index is 1.47. The van der Waals surface area contributed by atoms with E-state index in [-0.39, 0.29) is 0 Å². The molecule has 3 nitrogen and oxygen atoms in total. The number of carboxylic acids is 1. The Morgan fingerprint density at radius 2 is 1.18 bits per heavy atom. The van der Waals surface area contributed by atoms with Crippen LogP contribution in [0.25, 0.3) is 11.1 Å². The van der Waals surface area contributed by atoms with Crippen LogP contribution >= 0.6 is 0 Å². The minimum atomic E-state index is -1.12. The van der Waals surface area contributed by atoms with E-state index in [1.54, 1.807) is 11.7 Å². The number of unbranched alkanes of at least 4 members (excludes halogenated alkanes) is 6. The van der Waals surface area contributed by atoms with Gasteiger partial charge in [-0.15, -0.1) is 0 Å². The van der Waals surface area contributed by atoms with Crippen LogP contribution in [0.15, 0.2) is 66.7 Å². The molecular weight excluding hydrogens is 649 g/mol. The molecule has 6 heteroatoms. The van der Waals surface area contributed by atoms with Crippen molar-refractivity contribution < 1.29 is 14.6 Å². The van der Waals surface area contributed by atoms with Crippen LogP contribution in [0.3, 0.4) is 0 Å². The van der Waals surface area contributed by atoms with Crippen molar-refractivity contribution >= 4 is 30.2 Å². The predicted molar refractivity (Wildman–Crippen MR) is 222 cm³/mol. The van der Waals surface area contributed by atoms with E-state index >= 15 is 0 Å². The van der Waals surface area contributed by atoms with Gasteiger partial charge >= 0.3 is 5.97 Å². The monoisotopic (exact) mass is 716 g/mol. The molecule has 0 heterocycles. The quantitative estimate of drug-likeness (QED) is 0.0785. The number of aromatic carboxylic acids is 1. The van der Waals surface area contributed by atoms with Crippen molar-refractivity contribution in [2.45, 2.75) is 147 Å². The molecule has 0 aliphatic heterocycles. The number of benzene rings is 3. The van der Waals surface area contributed by atoms with Crippen LogP contribution in [0.5, 0.6) is 5.75 Å². The van der Waals surface area contributed by atoms with Crippen molar-refractivity contribution in [3.63, 3.8) is 0 Å². The van der Waals surface area contributed by atoms with Crippen LogP contribution in [0.4, 0.5) is 0 Å². The SMILES string of the molecule is CCCCCCCCOc1ccc(-c2cc(CCc3ccc(CCCC[Si](C)(C)CC[Si](C)(C)C[Si](C)(C)C)cc3)ccc2C(=O)O)cc1. The summed E-state index contributed by atoms with van der Waals surface area (Å²) in [6.45, 7) is 21.1. The summed E-state index contributed by atoms with van der Waals surface area (Å²) in [5, 5.41) is 9.91. The van der Waals surface area contributed by atoms with Crippen LogP contribution < -0.4 is 4.74 Å². The molecule has 1 N–H and O–H groups in total. The van der Waals surface area contributed by atoms with E-state index in [1.165, 1.54) is 80.6 Å². The maximum atomic E-state index is 12.1. The zero-order valence-corrected chi connectivity index (χ0v) is 35.4. The topological polar surface area (TPSA) is 46.5 Å². The molecule has 49 heavy (non-hydrogen) atoms. The number of carboxylic acid groups (broad SMARTS) is 1. The molecule has 0 saturated carbocycles. The molecule has 3 rings (SSSR count). The van der Waals surface area contributed by atoms with Crippen molar-refractivity contribution in [2.24, 2.45) is 0 Å². The number of carbonyl (C=O) groups is 1. The van der Waals surface area contributed by atoms with Gasteiger partial charge in [-0.25, -0.2) is 4.79 Å². The summed E-state index contributed by atoms with van der Waals surface area (Å²) < 4.78 is 5.96. The molecule has 0 amide bonds. The highest BCUT2D eigenvalue weighted by molar-refractivity contribution is 6.95. The fourth-order valence-corrected chi connectivity index (χ4v) is 26.5. The third kappa shape index (κ3) is 16.0. The van der Waals surface area contributed by atoms with Gasteiger partial charge in [0.05, 0.1) is 12.2 Å². The maximum Gasteiger partial charge on any atom is 0.336 e. The lowest BCUT2D eigenvalue weighted by atomic mass is 9.94. The van der Waals surface area contributed by atoms with E-state index in [9.17, 15) is 9.90 Å². The Kier molecular flexibility index (Phi) is 16.6. The molecule has 3 aromatic rings. The van der Waals surface area contributed by atoms with E-state index in [0.717, 1.165) is 48.3 Å². The third-order valence-corrected chi connectivity index (χ3v) is 23.5. The molecule has 0 fully saturated rings. The number of ether oxygens (including phenoxy) is 1. The van der Waals surface area contributed by atoms with Gasteiger partial charge in [0.15, 0.2) is 0 Å². The number of hydrogen-bond donors (Lipinski definition) is 1. The third-order valence-electron chi connectivity index (χ3n) is 10.0. The van der Waals surface area contributed by atoms with Crippen LogP contribution in [-0.4, -0.2) is 41.9 Å². The first-order chi connectivity index (χ1) is 23.2. The second-order valence-electron chi connectivity index (χ2n) is 17.4. The lowest BCUT2D eigenvalue weighted by Crippen LogP contribution is -2.39. The Morgan fingerprint density at radius 1 is 0.612 bits per heavy atom. The largest absolute Gasteiger partial charge is 0.494 e. The van der Waals surface area contributed by atoms with Gasteiger partial charge in [0.25, 0.3) is 0 Å². The fraction of sp³-hybridized carbons (Fsp3) is 0.558. The molecule has 0 saturated heterocycles. The first-order valence-electron chi connectivity index (χ1n) is 19.3. The summed E-state index contributed by atoms with van der Waals surface area (Å²) in [5.41, 5.74) is 7.53. The number of rotatable bonds is 23. The Morgan fingerprint density at radius 3 is 1.82 bits per heavy atom. The van der Waals surface area contributed by atoms with Crippen LogP contribution in [0.2, 0.25) is 69.6 Å². The first-order valence-corrected chi connectivity index (χ1v) is 29.9. The summed E-state index contributed by atoms with van der Waals surface area (Å²) in [6, 6.07) is 27.4. The van der Waals surface area contributed by atoms with Crippen molar-refractivity contribution in [2.75, 3.05) is 6.61 Å². The Bertz CT molecular complexity index is 1410. The molecule has 0 aliphatic carbocycles. The second kappa shape index (κ2) is 19.8. The summed E-state index contributed by atoms with van der Waals surface area (Å²) in [7, 11) is -3.13. The van der Waals surface area contributed by atoms with Gasteiger partial charge in [0.1, 0.15) is 5.75 Å². The number of aryl methyl sites for hydroxylation is 3. The van der Waals surface area contributed by atoms with E-state index < -0.39 is 30.2 Å². The minimum Gasteiger partial charge on any atom is -0.494 e. The van der Waals surface area contributed by atoms with E-state index in [0.29, 0.717) is 5.56 Å². The molecule has 0 bridgehead atoms. The maximum absolute atomic E-state index is 12.1. The van der Waals surface area contributed by atoms with Gasteiger partial charge in [-0.1, -0.05) is 164 Å². The van der Waals surface area contributed by atoms with Gasteiger partial charge in [-0.05, 0) is 78.1 Å². The Labute approximate surface area is 303 Å². The van der Waals surface area contributed by atoms with Crippen molar-refractivity contribution in [3.05, 3.63) is 89.0 Å². The van der Waals surface area contributed by atoms with Gasteiger partial charge in [-0.2, -0.15) is 0 Å². The van der Waals surface area contributed by atoms with Crippen LogP contribution in [0, 0.1) is 0 Å². The molecule has 0 radical (unpaired) electrons. The van der Waals surface area contributed by atoms with E-state index in [2.05, 4.69) is 83.1 Å². The molecule has 270 valence electrons. The van der Waals surface area contributed by atoms with Crippen molar-refractivity contribution in [1.82, 2.24) is 0 Å². The van der Waals surface area contributed by atoms with Crippen molar-refractivity contribution in [3.8, 4) is 16.9 Å². The zero-order chi connectivity index (χ0) is 35.9. The highest BCUT2D eigenvalue weighted by atomic mass is 28.4. The molecule has 0 atom stereocenters. The van der Waals surface area contributed by atoms with Crippen LogP contribution in [-0.2, 0) is 19.3 Å². The molecule has 3 aromatic carbocycles. The molecule has 0 aromatic heterocycles. The lowest BCUT2D eigenvalue weighted by Gasteiger charge is -2.33. The van der Waals surface area contributed by atoms with Crippen molar-refractivity contribution in [1.29, 1.82) is 0 Å². The predicted octanol–water partition coefficient (Wildman–Crippen LogP) is 13.2. The average Bonchev–Trinajstić information content (AvgIpc) is 3.04. The summed E-state index contributed by atoms with van der Waals surface area (Å²) in [5.74, 6) is -0.0531. The first kappa shape index (κ1) is 41.0. The molecule has 0 aliphatic rings. The molecule has 0 unspecified atom stereocenters. The summed E-state index contributed by atoms with van der Waals surface area (Å²) in [6.07, 6.45) is 13.1. The van der Waals surface area contributed by atoms with E-state index in [1.807, 2.05) is 30.3 Å². The molecule has 0 spiro atoms. The van der Waals surface area contributed by atoms with Gasteiger partial charge in [0, 0.05) is 24.2 Å². The lowest BCUT2D eigenvalue weighted by molar-refractivity contribution is 0.0697. The normalized spacial score (nSPS) is 12.3. The average molecular weight is 717 g/mol. The smallest absolute Gasteiger partial charge is 0.336 e. The van der Waals surface area contributed by atoms with Crippen LogP contribution in [0.1, 0.15) is 85.3 Å². The fourth-order valence-electron chi connectivity index (χ4n) is 7.40. The summed E-state index contributed by atoms with van der Waals surface area (Å²) in [4.78, 5) is 12.1. The summed E-state index contributed by atoms with van der Waals surface area (Å²) >= 11 is 0. The zero-order valence-electron chi connectivity index (χ0n) is 32.4. The van der Waals surface area contributed by atoms with Gasteiger partial charge in [0.2, 0.25) is 0 Å². The highest BCUT2D eigenvalue weighted by Crippen LogP contribution is 2.31. The Hall–Kier alpha value is -2.42. The minimum absolute atomic E-state index is 0.340.